The summed E-state index contributed by atoms with van der Waals surface area (Å²) < 4.78 is 46.3. The summed E-state index contributed by atoms with van der Waals surface area (Å²) in [5, 5.41) is 2.63. The van der Waals surface area contributed by atoms with E-state index >= 15 is 0 Å². The van der Waals surface area contributed by atoms with Crippen molar-refractivity contribution in [3.8, 4) is 11.5 Å². The van der Waals surface area contributed by atoms with Gasteiger partial charge in [0.2, 0.25) is 0 Å². The maximum atomic E-state index is 12.4. The Balaban J connectivity index is 0.00000364. The molecule has 9 heteroatoms. The van der Waals surface area contributed by atoms with Gasteiger partial charge in [0.05, 0.1) is 12.8 Å². The molecule has 0 spiro atoms. The lowest BCUT2D eigenvalue weighted by atomic mass is 10.1. The Morgan fingerprint density at radius 3 is 2.59 bits per heavy atom. The number of ether oxygens (including phenoxy) is 2. The lowest BCUT2D eigenvalue weighted by Gasteiger charge is -2.14. The van der Waals surface area contributed by atoms with Gasteiger partial charge in [-0.05, 0) is 42.7 Å². The topological polar surface area (TPSA) is 68.9 Å². The molecule has 3 N–H and O–H groups in total. The standard InChI is InChI=1S/C18H20F3N3O2.HI/c1-25-14-8-4-6-13(12-14)7-5-11-23-17(22)24-15-9-2-3-10-16(15)26-18(19,20)21;/h2-4,6,8-10,12H,5,7,11H2,1H3,(H3,22,23,24);1H. The molecule has 0 radical (unpaired) electrons. The highest BCUT2D eigenvalue weighted by Crippen LogP contribution is 2.29. The average Bonchev–Trinajstić information content (AvgIpc) is 2.59. The number of aryl methyl sites for hydroxylation is 1. The Hall–Kier alpha value is -2.17. The number of hydrogen-bond donors (Lipinski definition) is 2. The molecule has 2 rings (SSSR count). The van der Waals surface area contributed by atoms with E-state index in [1.165, 1.54) is 18.2 Å². The minimum Gasteiger partial charge on any atom is -0.497 e. The lowest BCUT2D eigenvalue weighted by molar-refractivity contribution is -0.274. The largest absolute Gasteiger partial charge is 0.573 e. The molecule has 0 fully saturated rings. The summed E-state index contributed by atoms with van der Waals surface area (Å²) >= 11 is 0. The number of benzene rings is 2. The normalized spacial score (nSPS) is 11.5. The molecule has 27 heavy (non-hydrogen) atoms. The van der Waals surface area contributed by atoms with Crippen molar-refractivity contribution in [2.75, 3.05) is 19.0 Å². The van der Waals surface area contributed by atoms with Crippen LogP contribution in [-0.2, 0) is 6.42 Å². The van der Waals surface area contributed by atoms with Crippen molar-refractivity contribution in [3.63, 3.8) is 0 Å². The Labute approximate surface area is 172 Å². The van der Waals surface area contributed by atoms with E-state index in [0.717, 1.165) is 24.2 Å². The number of guanidine groups is 1. The number of methoxy groups -OCH3 is 1. The zero-order chi connectivity index (χ0) is 19.0. The van der Waals surface area contributed by atoms with Crippen LogP contribution < -0.4 is 20.5 Å². The van der Waals surface area contributed by atoms with Crippen molar-refractivity contribution in [1.82, 2.24) is 0 Å². The molecule has 2 aromatic carbocycles. The second kappa shape index (κ2) is 10.9. The van der Waals surface area contributed by atoms with E-state index in [4.69, 9.17) is 10.5 Å². The molecule has 0 aromatic heterocycles. The quantitative estimate of drug-likeness (QED) is 0.256. The van der Waals surface area contributed by atoms with E-state index in [1.54, 1.807) is 13.2 Å². The first kappa shape index (κ1) is 22.9. The minimum atomic E-state index is -4.78. The number of hydrogen-bond acceptors (Lipinski definition) is 3. The fraction of sp³-hybridized carbons (Fsp3) is 0.278. The van der Waals surface area contributed by atoms with Crippen molar-refractivity contribution in [3.05, 3.63) is 54.1 Å². The van der Waals surface area contributed by atoms with Crippen molar-refractivity contribution in [2.45, 2.75) is 19.2 Å². The molecule has 0 bridgehead atoms. The van der Waals surface area contributed by atoms with Crippen LogP contribution in [0.15, 0.2) is 53.5 Å². The number of rotatable bonds is 7. The van der Waals surface area contributed by atoms with Crippen LogP contribution in [0.4, 0.5) is 18.9 Å². The minimum absolute atomic E-state index is 0. The second-order valence-corrected chi connectivity index (χ2v) is 5.39. The van der Waals surface area contributed by atoms with Gasteiger partial charge in [-0.3, -0.25) is 4.99 Å². The van der Waals surface area contributed by atoms with E-state index in [0.29, 0.717) is 6.54 Å². The van der Waals surface area contributed by atoms with Crippen molar-refractivity contribution < 1.29 is 22.6 Å². The van der Waals surface area contributed by atoms with Crippen molar-refractivity contribution in [1.29, 1.82) is 0 Å². The van der Waals surface area contributed by atoms with E-state index in [1.807, 2.05) is 24.3 Å². The van der Waals surface area contributed by atoms with Gasteiger partial charge in [0.15, 0.2) is 11.7 Å². The Morgan fingerprint density at radius 2 is 1.89 bits per heavy atom. The van der Waals surface area contributed by atoms with Gasteiger partial charge >= 0.3 is 6.36 Å². The molecule has 0 unspecified atom stereocenters. The molecule has 0 saturated heterocycles. The Bertz CT molecular complexity index is 755. The van der Waals surface area contributed by atoms with E-state index in [2.05, 4.69) is 15.0 Å². The predicted molar refractivity (Wildman–Crippen MR) is 110 cm³/mol. The molecule has 148 valence electrons. The first-order chi connectivity index (χ1) is 12.4. The summed E-state index contributed by atoms with van der Waals surface area (Å²) in [4.78, 5) is 4.13. The summed E-state index contributed by atoms with van der Waals surface area (Å²) in [7, 11) is 1.61. The number of nitrogens with two attached hydrogens (primary N) is 1. The summed E-state index contributed by atoms with van der Waals surface area (Å²) in [5.74, 6) is 0.442. The number of alkyl halides is 3. The van der Waals surface area contributed by atoms with Crippen LogP contribution in [0.2, 0.25) is 0 Å². The second-order valence-electron chi connectivity index (χ2n) is 5.39. The molecule has 0 aliphatic carbocycles. The van der Waals surface area contributed by atoms with Gasteiger partial charge in [-0.1, -0.05) is 24.3 Å². The molecule has 0 amide bonds. The predicted octanol–water partition coefficient (Wildman–Crippen LogP) is 4.57. The Kier molecular flexibility index (Phi) is 9.19. The van der Waals surface area contributed by atoms with Crippen LogP contribution in [-0.4, -0.2) is 26.0 Å². The molecule has 0 aliphatic heterocycles. The molecular weight excluding hydrogens is 474 g/mol. The fourth-order valence-corrected chi connectivity index (χ4v) is 2.27. The van der Waals surface area contributed by atoms with E-state index in [-0.39, 0.29) is 41.4 Å². The molecule has 0 atom stereocenters. The number of nitrogens with zero attached hydrogens (tertiary/aromatic N) is 1. The van der Waals surface area contributed by atoms with Crippen LogP contribution in [0.5, 0.6) is 11.5 Å². The highest BCUT2D eigenvalue weighted by atomic mass is 127. The molecule has 0 heterocycles. The molecule has 0 aliphatic rings. The lowest BCUT2D eigenvalue weighted by Crippen LogP contribution is -2.24. The third-order valence-electron chi connectivity index (χ3n) is 3.42. The first-order valence-corrected chi connectivity index (χ1v) is 7.92. The first-order valence-electron chi connectivity index (χ1n) is 7.92. The molecule has 2 aromatic rings. The van der Waals surface area contributed by atoms with Gasteiger partial charge < -0.3 is 20.5 Å². The number of nitrogens with one attached hydrogen (secondary N) is 1. The number of para-hydroxylation sites is 2. The fourth-order valence-electron chi connectivity index (χ4n) is 2.27. The van der Waals surface area contributed by atoms with Gasteiger partial charge in [0.1, 0.15) is 5.75 Å². The van der Waals surface area contributed by atoms with Gasteiger partial charge in [-0.2, -0.15) is 0 Å². The van der Waals surface area contributed by atoms with Gasteiger partial charge in [-0.25, -0.2) is 0 Å². The number of anilines is 1. The van der Waals surface area contributed by atoms with Crippen LogP contribution in [0, 0.1) is 0 Å². The zero-order valence-electron chi connectivity index (χ0n) is 14.6. The van der Waals surface area contributed by atoms with Gasteiger partial charge in [0.25, 0.3) is 0 Å². The van der Waals surface area contributed by atoms with E-state index < -0.39 is 6.36 Å². The highest BCUT2D eigenvalue weighted by molar-refractivity contribution is 14.0. The molecular formula is C18H21F3IN3O2. The molecule has 5 nitrogen and oxygen atoms in total. The van der Waals surface area contributed by atoms with Gasteiger partial charge in [0, 0.05) is 6.54 Å². The van der Waals surface area contributed by atoms with E-state index in [9.17, 15) is 13.2 Å². The van der Waals surface area contributed by atoms with Crippen molar-refractivity contribution >= 4 is 35.6 Å². The monoisotopic (exact) mass is 495 g/mol. The zero-order valence-corrected chi connectivity index (χ0v) is 17.0. The number of halogens is 4. The highest BCUT2D eigenvalue weighted by Gasteiger charge is 2.32. The SMILES string of the molecule is COc1cccc(CCCN=C(N)Nc2ccccc2OC(F)(F)F)c1.I. The summed E-state index contributed by atoms with van der Waals surface area (Å²) in [6.45, 7) is 0.429. The summed E-state index contributed by atoms with van der Waals surface area (Å²) in [5.41, 5.74) is 6.95. The van der Waals surface area contributed by atoms with Gasteiger partial charge in [-0.15, -0.1) is 37.1 Å². The third-order valence-corrected chi connectivity index (χ3v) is 3.42. The van der Waals surface area contributed by atoms with Crippen LogP contribution in [0.25, 0.3) is 0 Å². The Morgan fingerprint density at radius 1 is 1.15 bits per heavy atom. The maximum Gasteiger partial charge on any atom is 0.573 e. The number of aliphatic imine (C=N–C) groups is 1. The summed E-state index contributed by atoms with van der Waals surface area (Å²) in [6, 6.07) is 13.3. The summed E-state index contributed by atoms with van der Waals surface area (Å²) in [6.07, 6.45) is -3.27. The van der Waals surface area contributed by atoms with Crippen LogP contribution in [0.3, 0.4) is 0 Å². The molecule has 0 saturated carbocycles. The maximum absolute atomic E-state index is 12.4. The van der Waals surface area contributed by atoms with Crippen LogP contribution >= 0.6 is 24.0 Å². The average molecular weight is 495 g/mol. The third kappa shape index (κ3) is 8.37. The van der Waals surface area contributed by atoms with Crippen LogP contribution in [0.1, 0.15) is 12.0 Å². The smallest absolute Gasteiger partial charge is 0.497 e. The van der Waals surface area contributed by atoms with Crippen molar-refractivity contribution in [2.24, 2.45) is 10.7 Å².